The van der Waals surface area contributed by atoms with Crippen LogP contribution in [-0.2, 0) is 6.42 Å². The van der Waals surface area contributed by atoms with Gasteiger partial charge in [0.15, 0.2) is 0 Å². The van der Waals surface area contributed by atoms with Crippen LogP contribution < -0.4 is 0 Å². The number of alkyl halides is 3. The highest BCUT2D eigenvalue weighted by Crippen LogP contribution is 2.26. The zero-order valence-corrected chi connectivity index (χ0v) is 10.1. The van der Waals surface area contributed by atoms with Gasteiger partial charge < -0.3 is 5.11 Å². The summed E-state index contributed by atoms with van der Waals surface area (Å²) in [5.74, 6) is -0.450. The van der Waals surface area contributed by atoms with E-state index in [1.54, 1.807) is 6.07 Å². The molecule has 102 valence electrons. The number of rotatable bonds is 5. The molecule has 0 aliphatic heterocycles. The van der Waals surface area contributed by atoms with Gasteiger partial charge in [0, 0.05) is 12.8 Å². The van der Waals surface area contributed by atoms with E-state index in [1.165, 1.54) is 25.1 Å². The average molecular weight is 264 g/mol. The molecule has 0 heterocycles. The molecule has 0 radical (unpaired) electrons. The molecular weight excluding hydrogens is 248 g/mol. The summed E-state index contributed by atoms with van der Waals surface area (Å²) in [6.07, 6.45) is -5.31. The van der Waals surface area contributed by atoms with Crippen LogP contribution in [0.1, 0.15) is 31.7 Å². The van der Waals surface area contributed by atoms with Crippen molar-refractivity contribution in [3.05, 3.63) is 35.6 Å². The Morgan fingerprint density at radius 1 is 1.11 bits per heavy atom. The highest BCUT2D eigenvalue weighted by Gasteiger charge is 2.29. The summed E-state index contributed by atoms with van der Waals surface area (Å²) in [5, 5.41) is 9.96. The quantitative estimate of drug-likeness (QED) is 0.801. The molecule has 1 nitrogen and oxygen atoms in total. The molecule has 18 heavy (non-hydrogen) atoms. The molecule has 0 amide bonds. The van der Waals surface area contributed by atoms with E-state index in [9.17, 15) is 22.7 Å². The van der Waals surface area contributed by atoms with Crippen molar-refractivity contribution in [1.29, 1.82) is 0 Å². The molecular formula is C13H16F4O. The van der Waals surface area contributed by atoms with Crippen LogP contribution >= 0.6 is 0 Å². The second kappa shape index (κ2) is 5.69. The van der Waals surface area contributed by atoms with Crippen molar-refractivity contribution in [3.8, 4) is 0 Å². The largest absolute Gasteiger partial charge is 0.390 e. The second-order valence-electron chi connectivity index (χ2n) is 4.73. The Labute approximate surface area is 103 Å². The maximum Gasteiger partial charge on any atom is 0.389 e. The summed E-state index contributed by atoms with van der Waals surface area (Å²) in [4.78, 5) is 0. The number of hydrogen-bond acceptors (Lipinski definition) is 1. The first kappa shape index (κ1) is 15.0. The van der Waals surface area contributed by atoms with E-state index >= 15 is 0 Å². The SMILES string of the molecule is CC(O)(CCCC(F)(F)F)Cc1ccccc1F. The van der Waals surface area contributed by atoms with Gasteiger partial charge in [0.1, 0.15) is 5.82 Å². The number of benzene rings is 1. The Balaban J connectivity index is 2.52. The van der Waals surface area contributed by atoms with Gasteiger partial charge in [-0.25, -0.2) is 4.39 Å². The van der Waals surface area contributed by atoms with Gasteiger partial charge in [0.2, 0.25) is 0 Å². The zero-order chi connectivity index (χ0) is 13.8. The lowest BCUT2D eigenvalue weighted by Gasteiger charge is -2.23. The third kappa shape index (κ3) is 5.49. The molecule has 1 rings (SSSR count). The molecule has 0 aromatic heterocycles. The smallest absolute Gasteiger partial charge is 0.389 e. The minimum Gasteiger partial charge on any atom is -0.390 e. The molecule has 5 heteroatoms. The molecule has 0 saturated heterocycles. The molecule has 0 bridgehead atoms. The summed E-state index contributed by atoms with van der Waals surface area (Å²) in [6, 6.07) is 5.94. The summed E-state index contributed by atoms with van der Waals surface area (Å²) >= 11 is 0. The fraction of sp³-hybridized carbons (Fsp3) is 0.538. The number of halogens is 4. The van der Waals surface area contributed by atoms with E-state index in [4.69, 9.17) is 0 Å². The zero-order valence-electron chi connectivity index (χ0n) is 10.1. The first-order chi connectivity index (χ1) is 8.20. The molecule has 0 spiro atoms. The maximum absolute atomic E-state index is 13.3. The van der Waals surface area contributed by atoms with Gasteiger partial charge in [-0.1, -0.05) is 18.2 Å². The van der Waals surface area contributed by atoms with Gasteiger partial charge >= 0.3 is 6.18 Å². The molecule has 0 aliphatic carbocycles. The van der Waals surface area contributed by atoms with Gasteiger partial charge in [-0.15, -0.1) is 0 Å². The fourth-order valence-corrected chi connectivity index (χ4v) is 1.81. The number of hydrogen-bond donors (Lipinski definition) is 1. The Kier molecular flexibility index (Phi) is 4.73. The molecule has 1 atom stereocenters. The number of aliphatic hydroxyl groups is 1. The van der Waals surface area contributed by atoms with Crippen LogP contribution in [0, 0.1) is 5.82 Å². The third-order valence-electron chi connectivity index (χ3n) is 2.70. The van der Waals surface area contributed by atoms with E-state index in [-0.39, 0.29) is 19.3 Å². The van der Waals surface area contributed by atoms with Gasteiger partial charge in [0.25, 0.3) is 0 Å². The minimum atomic E-state index is -4.21. The Morgan fingerprint density at radius 2 is 1.72 bits per heavy atom. The predicted octanol–water partition coefficient (Wildman–Crippen LogP) is 3.85. The van der Waals surface area contributed by atoms with Crippen molar-refractivity contribution in [2.75, 3.05) is 0 Å². The van der Waals surface area contributed by atoms with Crippen LogP contribution in [-0.4, -0.2) is 16.9 Å². The lowest BCUT2D eigenvalue weighted by molar-refractivity contribution is -0.137. The van der Waals surface area contributed by atoms with Crippen molar-refractivity contribution in [2.24, 2.45) is 0 Å². The topological polar surface area (TPSA) is 20.2 Å². The fourth-order valence-electron chi connectivity index (χ4n) is 1.81. The molecule has 1 aromatic carbocycles. The maximum atomic E-state index is 13.3. The van der Waals surface area contributed by atoms with E-state index in [1.807, 2.05) is 0 Å². The molecule has 1 aromatic rings. The second-order valence-corrected chi connectivity index (χ2v) is 4.73. The Bertz CT molecular complexity index is 385. The standard InChI is InChI=1S/C13H16F4O/c1-12(18,7-4-8-13(15,16)17)9-10-5-2-3-6-11(10)14/h2-3,5-6,18H,4,7-9H2,1H3. The van der Waals surface area contributed by atoms with Crippen LogP contribution in [0.4, 0.5) is 17.6 Å². The van der Waals surface area contributed by atoms with E-state index in [0.717, 1.165) is 0 Å². The highest BCUT2D eigenvalue weighted by atomic mass is 19.4. The lowest BCUT2D eigenvalue weighted by atomic mass is 9.91. The van der Waals surface area contributed by atoms with Gasteiger partial charge in [0.05, 0.1) is 5.60 Å². The van der Waals surface area contributed by atoms with Gasteiger partial charge in [-0.2, -0.15) is 13.2 Å². The van der Waals surface area contributed by atoms with Gasteiger partial charge in [-0.3, -0.25) is 0 Å². The van der Waals surface area contributed by atoms with Crippen LogP contribution in [0.5, 0.6) is 0 Å². The van der Waals surface area contributed by atoms with Crippen molar-refractivity contribution in [2.45, 2.75) is 44.4 Å². The van der Waals surface area contributed by atoms with Crippen molar-refractivity contribution in [1.82, 2.24) is 0 Å². The lowest BCUT2D eigenvalue weighted by Crippen LogP contribution is -2.28. The van der Waals surface area contributed by atoms with Crippen molar-refractivity contribution < 1.29 is 22.7 Å². The molecule has 1 N–H and O–H groups in total. The summed E-state index contributed by atoms with van der Waals surface area (Å²) in [5.41, 5.74) is -1.01. The summed E-state index contributed by atoms with van der Waals surface area (Å²) < 4.78 is 49.3. The van der Waals surface area contributed by atoms with Gasteiger partial charge in [-0.05, 0) is 31.4 Å². The third-order valence-corrected chi connectivity index (χ3v) is 2.70. The van der Waals surface area contributed by atoms with Crippen LogP contribution in [0.2, 0.25) is 0 Å². The Morgan fingerprint density at radius 3 is 2.28 bits per heavy atom. The predicted molar refractivity (Wildman–Crippen MR) is 60.6 cm³/mol. The van der Waals surface area contributed by atoms with E-state index in [0.29, 0.717) is 5.56 Å². The van der Waals surface area contributed by atoms with Crippen molar-refractivity contribution in [3.63, 3.8) is 0 Å². The Hall–Kier alpha value is -1.10. The highest BCUT2D eigenvalue weighted by molar-refractivity contribution is 5.19. The van der Waals surface area contributed by atoms with E-state index in [2.05, 4.69) is 0 Å². The van der Waals surface area contributed by atoms with E-state index < -0.39 is 24.0 Å². The minimum absolute atomic E-state index is 0.0114. The molecule has 1 unspecified atom stereocenters. The monoisotopic (exact) mass is 264 g/mol. The first-order valence-electron chi connectivity index (χ1n) is 5.72. The summed E-state index contributed by atoms with van der Waals surface area (Å²) in [7, 11) is 0. The normalized spacial score (nSPS) is 15.4. The molecule has 0 aliphatic rings. The summed E-state index contributed by atoms with van der Waals surface area (Å²) in [6.45, 7) is 1.43. The average Bonchev–Trinajstić information content (AvgIpc) is 2.18. The van der Waals surface area contributed by atoms with Crippen LogP contribution in [0.25, 0.3) is 0 Å². The molecule has 0 fully saturated rings. The van der Waals surface area contributed by atoms with Crippen molar-refractivity contribution >= 4 is 0 Å². The first-order valence-corrected chi connectivity index (χ1v) is 5.72. The van der Waals surface area contributed by atoms with Crippen LogP contribution in [0.15, 0.2) is 24.3 Å². The van der Waals surface area contributed by atoms with Crippen LogP contribution in [0.3, 0.4) is 0 Å². The molecule has 0 saturated carbocycles.